The fourth-order valence-corrected chi connectivity index (χ4v) is 4.35. The summed E-state index contributed by atoms with van der Waals surface area (Å²) in [5.74, 6) is -0.795. The van der Waals surface area contributed by atoms with Crippen molar-refractivity contribution in [2.75, 3.05) is 0 Å². The third-order valence-electron chi connectivity index (χ3n) is 4.75. The third-order valence-corrected chi connectivity index (χ3v) is 5.94. The van der Waals surface area contributed by atoms with E-state index in [0.717, 1.165) is 49.9 Å². The van der Waals surface area contributed by atoms with Crippen LogP contribution in [0.3, 0.4) is 0 Å². The zero-order valence-corrected chi connectivity index (χ0v) is 15.0. The number of amides is 1. The molecule has 1 aromatic carbocycles. The van der Waals surface area contributed by atoms with Crippen molar-refractivity contribution < 1.29 is 23.1 Å². The van der Waals surface area contributed by atoms with E-state index in [0.29, 0.717) is 10.2 Å². The number of aliphatic hydroxyl groups is 1. The van der Waals surface area contributed by atoms with Crippen LogP contribution in [0.25, 0.3) is 10.2 Å². The molecule has 1 aliphatic rings. The number of halogens is 3. The molecule has 0 radical (unpaired) electrons. The van der Waals surface area contributed by atoms with E-state index in [-0.39, 0.29) is 6.04 Å². The first-order chi connectivity index (χ1) is 12.3. The smallest absolute Gasteiger partial charge is 0.374 e. The van der Waals surface area contributed by atoms with Gasteiger partial charge in [0, 0.05) is 6.04 Å². The van der Waals surface area contributed by atoms with E-state index < -0.39 is 29.1 Å². The lowest BCUT2D eigenvalue weighted by Gasteiger charge is -2.28. The van der Waals surface area contributed by atoms with E-state index in [1.165, 1.54) is 0 Å². The lowest BCUT2D eigenvalue weighted by molar-refractivity contribution is -0.267. The van der Waals surface area contributed by atoms with Crippen LogP contribution in [0.15, 0.2) is 24.3 Å². The molecule has 142 valence electrons. The van der Waals surface area contributed by atoms with Crippen molar-refractivity contribution in [3.63, 3.8) is 0 Å². The fraction of sp³-hybridized carbons (Fsp3) is 0.556. The molecule has 1 aromatic heterocycles. The first-order valence-electron chi connectivity index (χ1n) is 8.74. The number of hydrogen-bond acceptors (Lipinski definition) is 4. The minimum atomic E-state index is -5.00. The third kappa shape index (κ3) is 4.01. The maximum Gasteiger partial charge on any atom is 0.424 e. The number of nitrogens with one attached hydrogen (secondary N) is 1. The summed E-state index contributed by atoms with van der Waals surface area (Å²) in [4.78, 5) is 16.2. The highest BCUT2D eigenvalue weighted by Crippen LogP contribution is 2.44. The second-order valence-corrected chi connectivity index (χ2v) is 7.81. The molecule has 0 aliphatic heterocycles. The lowest BCUT2D eigenvalue weighted by atomic mass is 9.98. The quantitative estimate of drug-likeness (QED) is 0.771. The number of carbonyl (C=O) groups is 1. The molecule has 1 amide bonds. The number of fused-ring (bicyclic) bond motifs is 1. The second-order valence-electron chi connectivity index (χ2n) is 6.78. The van der Waals surface area contributed by atoms with Crippen LogP contribution in [0.5, 0.6) is 0 Å². The predicted octanol–water partition coefficient (Wildman–Crippen LogP) is 4.28. The van der Waals surface area contributed by atoms with Crippen molar-refractivity contribution in [1.82, 2.24) is 10.3 Å². The molecule has 0 bridgehead atoms. The van der Waals surface area contributed by atoms with Crippen molar-refractivity contribution in [2.24, 2.45) is 0 Å². The van der Waals surface area contributed by atoms with E-state index in [4.69, 9.17) is 0 Å². The van der Waals surface area contributed by atoms with Crippen LogP contribution < -0.4 is 5.32 Å². The van der Waals surface area contributed by atoms with Crippen LogP contribution in [0, 0.1) is 0 Å². The summed E-state index contributed by atoms with van der Waals surface area (Å²) in [6.45, 7) is 0. The molecule has 0 spiro atoms. The second kappa shape index (κ2) is 7.52. The van der Waals surface area contributed by atoms with Gasteiger partial charge < -0.3 is 10.4 Å². The normalized spacial score (nSPS) is 19.1. The van der Waals surface area contributed by atoms with E-state index in [1.54, 1.807) is 24.3 Å². The highest BCUT2D eigenvalue weighted by molar-refractivity contribution is 7.18. The van der Waals surface area contributed by atoms with Crippen LogP contribution in [-0.4, -0.2) is 28.2 Å². The molecule has 2 aromatic rings. The standard InChI is InChI=1S/C18H21F3N2O2S/c19-18(20,21)17(25,16-23-13-9-5-6-10-14(13)26-16)11-15(24)22-12-7-3-1-2-4-8-12/h5-6,9-10,12,25H,1-4,7-8,11H2,(H,22,24)/t17-/m0/s1. The first-order valence-corrected chi connectivity index (χ1v) is 9.56. The van der Waals surface area contributed by atoms with Gasteiger partial charge in [0.25, 0.3) is 0 Å². The largest absolute Gasteiger partial charge is 0.424 e. The average molecular weight is 386 g/mol. The molecule has 26 heavy (non-hydrogen) atoms. The number of thiazole rings is 1. The predicted molar refractivity (Wildman–Crippen MR) is 93.8 cm³/mol. The van der Waals surface area contributed by atoms with E-state index in [2.05, 4.69) is 10.3 Å². The maximum absolute atomic E-state index is 13.7. The Morgan fingerprint density at radius 1 is 1.19 bits per heavy atom. The number of hydrogen-bond donors (Lipinski definition) is 2. The Bertz CT molecular complexity index is 736. The van der Waals surface area contributed by atoms with Crippen molar-refractivity contribution >= 4 is 27.5 Å². The van der Waals surface area contributed by atoms with Gasteiger partial charge in [-0.2, -0.15) is 13.2 Å². The first kappa shape index (κ1) is 19.1. The number of alkyl halides is 3. The molecular weight excluding hydrogens is 365 g/mol. The topological polar surface area (TPSA) is 62.2 Å². The molecule has 1 heterocycles. The number of carbonyl (C=O) groups excluding carboxylic acids is 1. The fourth-order valence-electron chi connectivity index (χ4n) is 3.28. The molecular formula is C18H21F3N2O2S. The van der Waals surface area contributed by atoms with E-state index >= 15 is 0 Å². The van der Waals surface area contributed by atoms with Crippen LogP contribution in [0.2, 0.25) is 0 Å². The van der Waals surface area contributed by atoms with Gasteiger partial charge in [-0.05, 0) is 25.0 Å². The Morgan fingerprint density at radius 2 is 1.85 bits per heavy atom. The van der Waals surface area contributed by atoms with Gasteiger partial charge in [-0.15, -0.1) is 11.3 Å². The molecule has 0 unspecified atom stereocenters. The highest BCUT2D eigenvalue weighted by Gasteiger charge is 2.58. The Labute approximate surface area is 153 Å². The van der Waals surface area contributed by atoms with Crippen molar-refractivity contribution in [3.05, 3.63) is 29.3 Å². The summed E-state index contributed by atoms with van der Waals surface area (Å²) >= 11 is 0.761. The number of benzene rings is 1. The van der Waals surface area contributed by atoms with Gasteiger partial charge in [0.1, 0.15) is 5.01 Å². The molecule has 2 N–H and O–H groups in total. The minimum absolute atomic E-state index is 0.127. The molecule has 3 rings (SSSR count). The van der Waals surface area contributed by atoms with Crippen molar-refractivity contribution in [3.8, 4) is 0 Å². The van der Waals surface area contributed by atoms with E-state index in [9.17, 15) is 23.1 Å². The van der Waals surface area contributed by atoms with Gasteiger partial charge in [-0.1, -0.05) is 37.8 Å². The summed E-state index contributed by atoms with van der Waals surface area (Å²) in [5.41, 5.74) is -2.91. The molecule has 4 nitrogen and oxygen atoms in total. The Kier molecular flexibility index (Phi) is 5.53. The maximum atomic E-state index is 13.7. The van der Waals surface area contributed by atoms with Crippen molar-refractivity contribution in [1.29, 1.82) is 0 Å². The molecule has 0 saturated heterocycles. The molecule has 1 fully saturated rings. The Morgan fingerprint density at radius 3 is 2.46 bits per heavy atom. The summed E-state index contributed by atoms with van der Waals surface area (Å²) in [6, 6.07) is 6.45. The number of nitrogens with zero attached hydrogens (tertiary/aromatic N) is 1. The van der Waals surface area contributed by atoms with Gasteiger partial charge in [-0.3, -0.25) is 4.79 Å². The zero-order valence-electron chi connectivity index (χ0n) is 14.2. The minimum Gasteiger partial charge on any atom is -0.374 e. The van der Waals surface area contributed by atoms with Crippen LogP contribution in [-0.2, 0) is 10.4 Å². The Hall–Kier alpha value is -1.67. The lowest BCUT2D eigenvalue weighted by Crippen LogP contribution is -2.47. The Balaban J connectivity index is 1.82. The van der Waals surface area contributed by atoms with Crippen LogP contribution >= 0.6 is 11.3 Å². The van der Waals surface area contributed by atoms with Gasteiger partial charge in [0.15, 0.2) is 0 Å². The van der Waals surface area contributed by atoms with Crippen molar-refractivity contribution in [2.45, 2.75) is 62.8 Å². The van der Waals surface area contributed by atoms with Crippen LogP contribution in [0.4, 0.5) is 13.2 Å². The number of rotatable bonds is 4. The van der Waals surface area contributed by atoms with Gasteiger partial charge >= 0.3 is 6.18 Å². The van der Waals surface area contributed by atoms with Gasteiger partial charge in [0.05, 0.1) is 16.6 Å². The molecule has 1 saturated carbocycles. The van der Waals surface area contributed by atoms with Gasteiger partial charge in [-0.25, -0.2) is 4.98 Å². The number of para-hydroxylation sites is 1. The van der Waals surface area contributed by atoms with E-state index in [1.807, 2.05) is 0 Å². The van der Waals surface area contributed by atoms with Crippen LogP contribution in [0.1, 0.15) is 50.0 Å². The molecule has 8 heteroatoms. The summed E-state index contributed by atoms with van der Waals surface area (Å²) in [6.07, 6.45) is -0.503. The SMILES string of the molecule is O=C(C[C@](O)(c1nc2ccccc2s1)C(F)(F)F)NC1CCCCCC1. The zero-order chi connectivity index (χ0) is 18.8. The molecule has 1 aliphatic carbocycles. The molecule has 1 atom stereocenters. The number of aromatic nitrogens is 1. The van der Waals surface area contributed by atoms with Gasteiger partial charge in [0.2, 0.25) is 11.5 Å². The summed E-state index contributed by atoms with van der Waals surface area (Å²) < 4.78 is 41.5. The average Bonchev–Trinajstić information content (AvgIpc) is 2.85. The summed E-state index contributed by atoms with van der Waals surface area (Å²) in [5, 5.41) is 12.6. The highest BCUT2D eigenvalue weighted by atomic mass is 32.1. The monoisotopic (exact) mass is 386 g/mol. The summed E-state index contributed by atoms with van der Waals surface area (Å²) in [7, 11) is 0.